The number of rotatable bonds is 5. The Morgan fingerprint density at radius 3 is 2.42 bits per heavy atom. The third kappa shape index (κ3) is 5.58. The van der Waals surface area contributed by atoms with Crippen LogP contribution in [0, 0.1) is 11.2 Å². The maximum atomic E-state index is 15.4. The smallest absolute Gasteiger partial charge is 0.258 e. The first-order valence-electron chi connectivity index (χ1n) is 16.0. The fraction of sp³-hybridized carbons (Fsp3) is 0.486. The zero-order valence-corrected chi connectivity index (χ0v) is 26.5. The predicted octanol–water partition coefficient (Wildman–Crippen LogP) is 5.19. The molecule has 4 aliphatic heterocycles. The summed E-state index contributed by atoms with van der Waals surface area (Å²) in [6, 6.07) is 10.5. The summed E-state index contributed by atoms with van der Waals surface area (Å²) in [5.41, 5.74) is 4.88. The van der Waals surface area contributed by atoms with Gasteiger partial charge in [-0.05, 0) is 84.9 Å². The van der Waals surface area contributed by atoms with Gasteiger partial charge in [-0.3, -0.25) is 29.4 Å². The largest absolute Gasteiger partial charge is 0.336 e. The van der Waals surface area contributed by atoms with Crippen molar-refractivity contribution in [2.75, 3.05) is 19.6 Å². The second-order valence-corrected chi connectivity index (χ2v) is 14.5. The van der Waals surface area contributed by atoms with Crippen LogP contribution in [-0.2, 0) is 16.1 Å². The quantitative estimate of drug-likeness (QED) is 0.458. The van der Waals surface area contributed by atoms with Crippen molar-refractivity contribution in [3.05, 3.63) is 75.1 Å². The Labute approximate surface area is 267 Å². The first-order valence-corrected chi connectivity index (χ1v) is 16.3. The van der Waals surface area contributed by atoms with E-state index in [9.17, 15) is 19.2 Å². The minimum absolute atomic E-state index is 0.0272. The molecule has 8 nitrogen and oxygen atoms in total. The number of nitrogens with one attached hydrogen (secondary N) is 1. The summed E-state index contributed by atoms with van der Waals surface area (Å²) in [4.78, 5) is 56.6. The molecule has 3 fully saturated rings. The Bertz CT molecular complexity index is 1620. The van der Waals surface area contributed by atoms with Gasteiger partial charge >= 0.3 is 0 Å². The fourth-order valence-electron chi connectivity index (χ4n) is 8.06. The summed E-state index contributed by atoms with van der Waals surface area (Å²) in [7, 11) is 0. The van der Waals surface area contributed by atoms with Crippen molar-refractivity contribution in [1.82, 2.24) is 20.0 Å². The highest BCUT2D eigenvalue weighted by molar-refractivity contribution is 6.30. The number of piperidine rings is 1. The van der Waals surface area contributed by atoms with Crippen LogP contribution >= 0.6 is 11.6 Å². The zero-order valence-electron chi connectivity index (χ0n) is 25.7. The lowest BCUT2D eigenvalue weighted by Gasteiger charge is -2.43. The molecule has 4 amide bonds. The van der Waals surface area contributed by atoms with Gasteiger partial charge < -0.3 is 9.80 Å². The Balaban J connectivity index is 1.07. The predicted molar refractivity (Wildman–Crippen MR) is 168 cm³/mol. The molecule has 3 atom stereocenters. The van der Waals surface area contributed by atoms with Crippen molar-refractivity contribution in [3.8, 4) is 0 Å². The van der Waals surface area contributed by atoms with E-state index in [1.54, 1.807) is 6.07 Å². The molecule has 5 aliphatic rings. The van der Waals surface area contributed by atoms with E-state index in [-0.39, 0.29) is 59.8 Å². The lowest BCUT2D eigenvalue weighted by Crippen LogP contribution is -2.55. The van der Waals surface area contributed by atoms with Gasteiger partial charge in [-0.25, -0.2) is 4.39 Å². The minimum atomic E-state index is -0.838. The van der Waals surface area contributed by atoms with Crippen LogP contribution in [0.2, 0.25) is 5.02 Å². The molecule has 7 rings (SSSR count). The molecular formula is C35H38ClFN4O4. The maximum absolute atomic E-state index is 15.4. The topological polar surface area (TPSA) is 90.0 Å². The summed E-state index contributed by atoms with van der Waals surface area (Å²) in [5.74, 6) is -2.50. The molecule has 0 spiro atoms. The van der Waals surface area contributed by atoms with Crippen LogP contribution in [0.25, 0.3) is 5.57 Å². The van der Waals surface area contributed by atoms with Gasteiger partial charge in [0.15, 0.2) is 0 Å². The first kappa shape index (κ1) is 30.1. The summed E-state index contributed by atoms with van der Waals surface area (Å²) < 4.78 is 15.4. The van der Waals surface area contributed by atoms with Gasteiger partial charge in [-0.2, -0.15) is 0 Å². The molecular weight excluding hydrogens is 595 g/mol. The van der Waals surface area contributed by atoms with E-state index in [1.807, 2.05) is 17.0 Å². The number of hydrogen-bond donors (Lipinski definition) is 1. The Morgan fingerprint density at radius 1 is 1.02 bits per heavy atom. The number of carbonyl (C=O) groups is 4. The van der Waals surface area contributed by atoms with Crippen molar-refractivity contribution in [1.29, 1.82) is 0 Å². The van der Waals surface area contributed by atoms with Gasteiger partial charge in [-0.1, -0.05) is 43.2 Å². The summed E-state index contributed by atoms with van der Waals surface area (Å²) >= 11 is 6.20. The molecule has 2 bridgehead atoms. The molecule has 0 radical (unpaired) electrons. The number of hydrogen-bond acceptors (Lipinski definition) is 5. The van der Waals surface area contributed by atoms with E-state index in [0.29, 0.717) is 18.7 Å². The molecule has 2 aromatic rings. The number of halogens is 2. The Hall–Kier alpha value is -3.56. The third-order valence-electron chi connectivity index (χ3n) is 10.5. The van der Waals surface area contributed by atoms with Crippen LogP contribution in [0.5, 0.6) is 0 Å². The van der Waals surface area contributed by atoms with E-state index in [1.165, 1.54) is 21.6 Å². The maximum Gasteiger partial charge on any atom is 0.258 e. The van der Waals surface area contributed by atoms with Crippen molar-refractivity contribution < 1.29 is 23.6 Å². The van der Waals surface area contributed by atoms with Crippen LogP contribution in [-0.4, -0.2) is 76.1 Å². The molecule has 236 valence electrons. The van der Waals surface area contributed by atoms with E-state index in [2.05, 4.69) is 36.2 Å². The monoisotopic (exact) mass is 632 g/mol. The Morgan fingerprint density at radius 2 is 1.73 bits per heavy atom. The fourth-order valence-corrected chi connectivity index (χ4v) is 8.19. The van der Waals surface area contributed by atoms with Gasteiger partial charge in [0, 0.05) is 55.3 Å². The van der Waals surface area contributed by atoms with Crippen molar-refractivity contribution >= 4 is 40.8 Å². The van der Waals surface area contributed by atoms with Crippen LogP contribution in [0.3, 0.4) is 0 Å². The van der Waals surface area contributed by atoms with Gasteiger partial charge in [0.1, 0.15) is 11.9 Å². The van der Waals surface area contributed by atoms with Crippen LogP contribution in [0.4, 0.5) is 4.39 Å². The number of amides is 4. The minimum Gasteiger partial charge on any atom is -0.336 e. The van der Waals surface area contributed by atoms with Gasteiger partial charge in [0.25, 0.3) is 11.8 Å². The second kappa shape index (κ2) is 11.4. The molecule has 0 aromatic heterocycles. The Kier molecular flexibility index (Phi) is 7.60. The number of piperazine rings is 1. The number of nitrogens with zero attached hydrogens (tertiary/aromatic N) is 3. The highest BCUT2D eigenvalue weighted by Crippen LogP contribution is 2.44. The van der Waals surface area contributed by atoms with Crippen molar-refractivity contribution in [3.63, 3.8) is 0 Å². The number of benzene rings is 2. The molecule has 3 saturated heterocycles. The third-order valence-corrected chi connectivity index (χ3v) is 10.7. The number of allylic oxidation sites excluding steroid dienone is 1. The zero-order chi connectivity index (χ0) is 31.6. The van der Waals surface area contributed by atoms with Crippen LogP contribution in [0.1, 0.15) is 90.6 Å². The highest BCUT2D eigenvalue weighted by atomic mass is 35.5. The summed E-state index contributed by atoms with van der Waals surface area (Å²) in [5, 5.41) is 3.00. The number of carbonyl (C=O) groups excluding carboxylic acids is 4. The molecule has 45 heavy (non-hydrogen) atoms. The average molecular weight is 633 g/mol. The van der Waals surface area contributed by atoms with Gasteiger partial charge in [-0.15, -0.1) is 0 Å². The highest BCUT2D eigenvalue weighted by Gasteiger charge is 2.44. The molecule has 4 heterocycles. The van der Waals surface area contributed by atoms with Crippen molar-refractivity contribution in [2.24, 2.45) is 5.41 Å². The lowest BCUT2D eigenvalue weighted by molar-refractivity contribution is -0.136. The SMILES string of the molecule is CC1(C)CCC(CN2C3CCC2CN(C(=O)c2cc(F)c4c(c2)CN(C2CCC(=O)NC2=O)C4=O)C3)=C(c2ccc(Cl)cc2)C1. The van der Waals surface area contributed by atoms with Crippen LogP contribution < -0.4 is 5.32 Å². The van der Waals surface area contributed by atoms with Gasteiger partial charge in [0.05, 0.1) is 5.56 Å². The molecule has 3 unspecified atom stereocenters. The lowest BCUT2D eigenvalue weighted by atomic mass is 9.72. The average Bonchev–Trinajstić information content (AvgIpc) is 3.43. The standard InChI is InChI=1S/C35H38ClFN4O4/c1-35(2)12-11-21(27(15-35)20-3-5-24(36)6-4-20)16-40-25-7-8-26(40)19-39(18-25)33(44)22-13-23-17-41(34(45)31(23)28(37)14-22)29-9-10-30(42)38-32(29)43/h3-6,13-14,25-26,29H,7-12,15-19H2,1-2H3,(H,38,42,43). The van der Waals surface area contributed by atoms with E-state index < -0.39 is 23.7 Å². The van der Waals surface area contributed by atoms with Crippen molar-refractivity contribution in [2.45, 2.75) is 83.5 Å². The first-order chi connectivity index (χ1) is 21.5. The normalized spacial score (nSPS) is 26.4. The van der Waals surface area contributed by atoms with Crippen LogP contribution in [0.15, 0.2) is 42.0 Å². The second-order valence-electron chi connectivity index (χ2n) is 14.1. The van der Waals surface area contributed by atoms with Gasteiger partial charge in [0.2, 0.25) is 11.8 Å². The molecule has 0 saturated carbocycles. The summed E-state index contributed by atoms with van der Waals surface area (Å²) in [6.45, 7) is 6.72. The van der Waals surface area contributed by atoms with E-state index >= 15 is 4.39 Å². The van der Waals surface area contributed by atoms with E-state index in [0.717, 1.165) is 49.7 Å². The summed E-state index contributed by atoms with van der Waals surface area (Å²) in [6.07, 6.45) is 5.54. The number of likely N-dealkylation sites (tertiary alicyclic amines) is 1. The molecule has 2 aromatic carbocycles. The van der Waals surface area contributed by atoms with E-state index in [4.69, 9.17) is 11.6 Å². The molecule has 10 heteroatoms. The number of fused-ring (bicyclic) bond motifs is 3. The molecule has 1 N–H and O–H groups in total. The number of imide groups is 1. The molecule has 1 aliphatic carbocycles.